The van der Waals surface area contributed by atoms with E-state index in [4.69, 9.17) is 36.5 Å². The van der Waals surface area contributed by atoms with Crippen molar-refractivity contribution >= 4 is 38.0 Å². The van der Waals surface area contributed by atoms with E-state index in [1.807, 2.05) is 13.8 Å². The Morgan fingerprint density at radius 1 is 1.05 bits per heavy atom. The van der Waals surface area contributed by atoms with E-state index in [2.05, 4.69) is 20.3 Å². The molecular formula is C11H16Cl2N4O3Si. The second-order valence-electron chi connectivity index (χ2n) is 5.14. The Labute approximate surface area is 133 Å². The number of nitrogens with zero attached hydrogens (tertiary/aromatic N) is 3. The van der Waals surface area contributed by atoms with Gasteiger partial charge in [-0.15, -0.1) is 0 Å². The normalized spacial score (nSPS) is 34.4. The summed E-state index contributed by atoms with van der Waals surface area (Å²) in [6.07, 6.45) is 1.13. The van der Waals surface area contributed by atoms with E-state index in [1.165, 1.54) is 0 Å². The number of aromatic nitrogens is 3. The number of halogens is 2. The summed E-state index contributed by atoms with van der Waals surface area (Å²) in [6.45, 7) is 4.71. The first kappa shape index (κ1) is 15.4. The van der Waals surface area contributed by atoms with Gasteiger partial charge in [0.1, 0.15) is 0 Å². The number of hydrogen-bond acceptors (Lipinski definition) is 7. The predicted molar refractivity (Wildman–Crippen MR) is 79.5 cm³/mol. The fourth-order valence-corrected chi connectivity index (χ4v) is 6.34. The summed E-state index contributed by atoms with van der Waals surface area (Å²) in [6, 6.07) is 0.762. The van der Waals surface area contributed by atoms with Gasteiger partial charge >= 0.3 is 8.80 Å². The van der Waals surface area contributed by atoms with Crippen LogP contribution in [0, 0.1) is 0 Å². The maximum absolute atomic E-state index is 5.96. The van der Waals surface area contributed by atoms with Crippen LogP contribution in [-0.4, -0.2) is 48.6 Å². The Balaban J connectivity index is 1.49. The van der Waals surface area contributed by atoms with E-state index in [1.54, 1.807) is 0 Å². The second kappa shape index (κ2) is 5.94. The minimum Gasteiger partial charge on any atom is -0.368 e. The van der Waals surface area contributed by atoms with E-state index in [0.717, 1.165) is 12.5 Å². The molecule has 1 aromatic heterocycles. The summed E-state index contributed by atoms with van der Waals surface area (Å²) in [4.78, 5) is 11.6. The predicted octanol–water partition coefficient (Wildman–Crippen LogP) is 2.14. The van der Waals surface area contributed by atoms with Crippen molar-refractivity contribution in [2.45, 2.75) is 44.6 Å². The summed E-state index contributed by atoms with van der Waals surface area (Å²) in [7, 11) is -2.46. The lowest BCUT2D eigenvalue weighted by atomic mass is 10.1. The molecule has 0 aromatic carbocycles. The molecule has 21 heavy (non-hydrogen) atoms. The lowest BCUT2D eigenvalue weighted by Crippen LogP contribution is -2.44. The fourth-order valence-electron chi connectivity index (χ4n) is 2.65. The van der Waals surface area contributed by atoms with Crippen molar-refractivity contribution in [1.29, 1.82) is 0 Å². The van der Waals surface area contributed by atoms with Gasteiger partial charge in [0.15, 0.2) is 0 Å². The van der Waals surface area contributed by atoms with Crippen molar-refractivity contribution in [3.8, 4) is 0 Å². The van der Waals surface area contributed by atoms with Gasteiger partial charge in [-0.25, -0.2) is 0 Å². The van der Waals surface area contributed by atoms with Crippen LogP contribution < -0.4 is 5.32 Å². The highest BCUT2D eigenvalue weighted by atomic mass is 35.5. The van der Waals surface area contributed by atoms with Gasteiger partial charge in [0, 0.05) is 12.6 Å². The largest absolute Gasteiger partial charge is 0.502 e. The molecule has 0 amide bonds. The SMILES string of the molecule is C[C@@H]1O[Si]2(CCCNc3nc(Cl)nc(Cl)n3)OC1[C@@H](C)O2. The maximum Gasteiger partial charge on any atom is 0.502 e. The van der Waals surface area contributed by atoms with Crippen LogP contribution in [0.3, 0.4) is 0 Å². The third-order valence-corrected chi connectivity index (χ3v) is 6.89. The fraction of sp³-hybridized carbons (Fsp3) is 0.727. The molecule has 3 heterocycles. The van der Waals surface area contributed by atoms with Crippen LogP contribution in [0.4, 0.5) is 5.95 Å². The third-order valence-electron chi connectivity index (χ3n) is 3.50. The van der Waals surface area contributed by atoms with Crippen molar-refractivity contribution in [2.24, 2.45) is 0 Å². The van der Waals surface area contributed by atoms with Crippen molar-refractivity contribution in [3.05, 3.63) is 10.6 Å². The van der Waals surface area contributed by atoms with E-state index in [9.17, 15) is 0 Å². The first-order valence-corrected chi connectivity index (χ1v) is 9.51. The average Bonchev–Trinajstić information content (AvgIpc) is 2.87. The standard InChI is InChI=1S/C11H16Cl2N4O3Si/c1-6-8-7(2)19-21(18-6,20-8)5-3-4-14-11-16-9(12)15-10(13)17-11/h6-8H,3-5H2,1-2H3,(H,14,15,16,17)/t6-,7+,8?,21?. The van der Waals surface area contributed by atoms with Crippen molar-refractivity contribution in [2.75, 3.05) is 11.9 Å². The molecule has 0 spiro atoms. The Morgan fingerprint density at radius 3 is 2.24 bits per heavy atom. The summed E-state index contributed by atoms with van der Waals surface area (Å²) in [5.41, 5.74) is 0. The van der Waals surface area contributed by atoms with Gasteiger partial charge < -0.3 is 18.6 Å². The highest BCUT2D eigenvalue weighted by Crippen LogP contribution is 2.40. The summed E-state index contributed by atoms with van der Waals surface area (Å²) in [5.74, 6) is 0.361. The van der Waals surface area contributed by atoms with E-state index >= 15 is 0 Å². The molecule has 2 bridgehead atoms. The summed E-state index contributed by atoms with van der Waals surface area (Å²) < 4.78 is 17.7. The number of hydrogen-bond donors (Lipinski definition) is 1. The molecule has 4 atom stereocenters. The topological polar surface area (TPSA) is 78.4 Å². The van der Waals surface area contributed by atoms with E-state index in [-0.39, 0.29) is 28.9 Å². The van der Waals surface area contributed by atoms with Gasteiger partial charge in [0.25, 0.3) is 0 Å². The molecule has 1 aromatic rings. The van der Waals surface area contributed by atoms with Gasteiger partial charge in [-0.1, -0.05) is 0 Å². The van der Waals surface area contributed by atoms with Crippen LogP contribution >= 0.6 is 23.2 Å². The molecular weight excluding hydrogens is 335 g/mol. The number of anilines is 1. The van der Waals surface area contributed by atoms with Crippen molar-refractivity contribution in [1.82, 2.24) is 15.0 Å². The first-order valence-electron chi connectivity index (χ1n) is 6.82. The van der Waals surface area contributed by atoms with E-state index in [0.29, 0.717) is 12.5 Å². The lowest BCUT2D eigenvalue weighted by molar-refractivity contribution is 0.0406. The Hall–Kier alpha value is -0.513. The Bertz CT molecular complexity index is 506. The van der Waals surface area contributed by atoms with Crippen LogP contribution in [0.15, 0.2) is 0 Å². The molecule has 0 radical (unpaired) electrons. The molecule has 7 nitrogen and oxygen atoms in total. The molecule has 2 aliphatic rings. The Kier molecular flexibility index (Phi) is 4.35. The minimum atomic E-state index is -2.46. The van der Waals surface area contributed by atoms with Crippen LogP contribution in [0.2, 0.25) is 16.6 Å². The Morgan fingerprint density at radius 2 is 1.67 bits per heavy atom. The lowest BCUT2D eigenvalue weighted by Gasteiger charge is -2.26. The van der Waals surface area contributed by atoms with Gasteiger partial charge in [-0.05, 0) is 43.5 Å². The molecule has 116 valence electrons. The van der Waals surface area contributed by atoms with Gasteiger partial charge in [-0.2, -0.15) is 15.0 Å². The molecule has 3 rings (SSSR count). The number of rotatable bonds is 5. The maximum atomic E-state index is 5.96. The van der Waals surface area contributed by atoms with Gasteiger partial charge in [0.05, 0.1) is 18.3 Å². The molecule has 0 saturated carbocycles. The highest BCUT2D eigenvalue weighted by Gasteiger charge is 2.60. The summed E-state index contributed by atoms with van der Waals surface area (Å²) >= 11 is 11.4. The van der Waals surface area contributed by atoms with Crippen LogP contribution in [0.1, 0.15) is 20.3 Å². The van der Waals surface area contributed by atoms with Crippen molar-refractivity contribution < 1.29 is 13.3 Å². The number of nitrogens with one attached hydrogen (secondary N) is 1. The van der Waals surface area contributed by atoms with Crippen LogP contribution in [0.25, 0.3) is 0 Å². The number of fused-ring (bicyclic) bond motifs is 2. The third kappa shape index (κ3) is 3.30. The zero-order chi connectivity index (χ0) is 15.0. The van der Waals surface area contributed by atoms with Crippen LogP contribution in [0.5, 0.6) is 0 Å². The zero-order valence-corrected chi connectivity index (χ0v) is 14.2. The molecule has 2 saturated heterocycles. The highest BCUT2D eigenvalue weighted by molar-refractivity contribution is 6.62. The molecule has 2 aliphatic heterocycles. The molecule has 10 heteroatoms. The average molecular weight is 351 g/mol. The summed E-state index contributed by atoms with van der Waals surface area (Å²) in [5, 5.41) is 3.19. The second-order valence-corrected chi connectivity index (χ2v) is 8.39. The zero-order valence-electron chi connectivity index (χ0n) is 11.7. The van der Waals surface area contributed by atoms with Crippen molar-refractivity contribution in [3.63, 3.8) is 0 Å². The van der Waals surface area contributed by atoms with Gasteiger partial charge in [-0.3, -0.25) is 0 Å². The van der Waals surface area contributed by atoms with E-state index < -0.39 is 8.80 Å². The molecule has 2 unspecified atom stereocenters. The molecule has 1 N–H and O–H groups in total. The monoisotopic (exact) mass is 350 g/mol. The van der Waals surface area contributed by atoms with Crippen LogP contribution in [-0.2, 0) is 13.3 Å². The minimum absolute atomic E-state index is 0.0672. The quantitative estimate of drug-likeness (QED) is 0.643. The smallest absolute Gasteiger partial charge is 0.368 e. The molecule has 0 aliphatic carbocycles. The first-order chi connectivity index (χ1) is 9.97. The van der Waals surface area contributed by atoms with Gasteiger partial charge in [0.2, 0.25) is 16.5 Å². The molecule has 2 fully saturated rings.